The van der Waals surface area contributed by atoms with Gasteiger partial charge in [-0.25, -0.2) is 0 Å². The van der Waals surface area contributed by atoms with Crippen molar-refractivity contribution in [1.82, 2.24) is 0 Å². The molecule has 1 amide bonds. The van der Waals surface area contributed by atoms with Gasteiger partial charge in [0.05, 0.1) is 5.56 Å². The van der Waals surface area contributed by atoms with Gasteiger partial charge in [-0.05, 0) is 58.4 Å². The van der Waals surface area contributed by atoms with Crippen LogP contribution in [0.1, 0.15) is 20.7 Å². The number of anilines is 1. The van der Waals surface area contributed by atoms with Gasteiger partial charge < -0.3 is 5.32 Å². The van der Waals surface area contributed by atoms with E-state index >= 15 is 0 Å². The number of carbonyl (C=O) groups excluding carboxylic acids is 2. The molecule has 0 heterocycles. The van der Waals surface area contributed by atoms with Crippen molar-refractivity contribution < 1.29 is 9.59 Å². The number of nitrogens with one attached hydrogen (secondary N) is 1. The number of halogens is 2. The molecule has 0 unspecified atom stereocenters. The molecule has 96 valence electrons. The minimum Gasteiger partial charge on any atom is -0.322 e. The lowest BCUT2D eigenvalue weighted by molar-refractivity contribution is 0.102. The van der Waals surface area contributed by atoms with Crippen molar-refractivity contribution in [3.8, 4) is 0 Å². The third kappa shape index (κ3) is 3.52. The third-order valence-corrected chi connectivity index (χ3v) is 3.63. The lowest BCUT2D eigenvalue weighted by Crippen LogP contribution is -2.12. The molecule has 0 atom stereocenters. The van der Waals surface area contributed by atoms with E-state index in [9.17, 15) is 9.59 Å². The number of benzene rings is 2. The van der Waals surface area contributed by atoms with E-state index < -0.39 is 0 Å². The summed E-state index contributed by atoms with van der Waals surface area (Å²) in [5.74, 6) is -0.210. The summed E-state index contributed by atoms with van der Waals surface area (Å²) in [5.41, 5.74) is 1.76. The van der Waals surface area contributed by atoms with Crippen LogP contribution >= 0.6 is 31.9 Å². The maximum atomic E-state index is 12.1. The van der Waals surface area contributed by atoms with E-state index in [1.165, 1.54) is 0 Å². The Balaban J connectivity index is 2.18. The highest BCUT2D eigenvalue weighted by Gasteiger charge is 2.10. The van der Waals surface area contributed by atoms with E-state index in [1.807, 2.05) is 6.07 Å². The van der Waals surface area contributed by atoms with Gasteiger partial charge in [0.15, 0.2) is 0 Å². The van der Waals surface area contributed by atoms with Crippen LogP contribution in [0, 0.1) is 0 Å². The first kappa shape index (κ1) is 14.0. The lowest BCUT2D eigenvalue weighted by Gasteiger charge is -2.07. The summed E-state index contributed by atoms with van der Waals surface area (Å²) in [7, 11) is 0. The largest absolute Gasteiger partial charge is 0.322 e. The van der Waals surface area contributed by atoms with E-state index in [0.717, 1.165) is 10.8 Å². The average molecular weight is 383 g/mol. The number of carbonyl (C=O) groups is 2. The minimum absolute atomic E-state index is 0.210. The second-order valence-electron chi connectivity index (χ2n) is 3.82. The Labute approximate surface area is 127 Å². The van der Waals surface area contributed by atoms with Crippen LogP contribution in [0.5, 0.6) is 0 Å². The Kier molecular flexibility index (Phi) is 4.50. The molecule has 0 aromatic heterocycles. The zero-order valence-corrected chi connectivity index (χ0v) is 12.9. The van der Waals surface area contributed by atoms with Crippen molar-refractivity contribution >= 4 is 49.7 Å². The number of hydrogen-bond donors (Lipinski definition) is 1. The van der Waals surface area contributed by atoms with E-state index in [2.05, 4.69) is 37.2 Å². The highest BCUT2D eigenvalue weighted by atomic mass is 79.9. The molecular weight excluding hydrogens is 374 g/mol. The number of aldehydes is 1. The smallest absolute Gasteiger partial charge is 0.256 e. The Morgan fingerprint density at radius 3 is 2.32 bits per heavy atom. The molecule has 0 bridgehead atoms. The molecule has 3 nitrogen and oxygen atoms in total. The fourth-order valence-corrected chi connectivity index (χ4v) is 2.74. The van der Waals surface area contributed by atoms with Gasteiger partial charge in [-0.2, -0.15) is 0 Å². The lowest BCUT2D eigenvalue weighted by atomic mass is 10.2. The minimum atomic E-state index is -0.210. The SMILES string of the molecule is O=Cc1ccc(NC(=O)c2ccc(Br)cc2Br)cc1. The van der Waals surface area contributed by atoms with Crippen LogP contribution < -0.4 is 5.32 Å². The molecule has 2 rings (SSSR count). The summed E-state index contributed by atoms with van der Waals surface area (Å²) in [6, 6.07) is 12.0. The van der Waals surface area contributed by atoms with Crippen LogP contribution in [0.2, 0.25) is 0 Å². The van der Waals surface area contributed by atoms with Crippen molar-refractivity contribution in [3.63, 3.8) is 0 Å². The monoisotopic (exact) mass is 381 g/mol. The standard InChI is InChI=1S/C14H9Br2NO2/c15-10-3-6-12(13(16)7-10)14(19)17-11-4-1-9(8-18)2-5-11/h1-8H,(H,17,19). The van der Waals surface area contributed by atoms with Gasteiger partial charge in [0.2, 0.25) is 0 Å². The van der Waals surface area contributed by atoms with Gasteiger partial charge in [0.1, 0.15) is 6.29 Å². The van der Waals surface area contributed by atoms with Crippen LogP contribution in [0.4, 0.5) is 5.69 Å². The van der Waals surface area contributed by atoms with Crippen LogP contribution in [-0.2, 0) is 0 Å². The summed E-state index contributed by atoms with van der Waals surface area (Å²) in [4.78, 5) is 22.6. The molecule has 0 fully saturated rings. The Bertz CT molecular complexity index is 624. The predicted octanol–water partition coefficient (Wildman–Crippen LogP) is 4.28. The molecule has 0 radical (unpaired) electrons. The summed E-state index contributed by atoms with van der Waals surface area (Å²) in [6.45, 7) is 0. The maximum absolute atomic E-state index is 12.1. The first-order valence-electron chi connectivity index (χ1n) is 5.42. The van der Waals surface area contributed by atoms with Crippen molar-refractivity contribution in [3.05, 3.63) is 62.5 Å². The molecule has 0 saturated heterocycles. The summed E-state index contributed by atoms with van der Waals surface area (Å²) >= 11 is 6.68. The third-order valence-electron chi connectivity index (χ3n) is 2.48. The van der Waals surface area contributed by atoms with Gasteiger partial charge in [-0.3, -0.25) is 9.59 Å². The van der Waals surface area contributed by atoms with Gasteiger partial charge in [-0.1, -0.05) is 15.9 Å². The molecular formula is C14H9Br2NO2. The van der Waals surface area contributed by atoms with Crippen molar-refractivity contribution in [2.45, 2.75) is 0 Å². The molecule has 2 aromatic carbocycles. The average Bonchev–Trinajstić information content (AvgIpc) is 2.39. The highest BCUT2D eigenvalue weighted by molar-refractivity contribution is 9.11. The summed E-state index contributed by atoms with van der Waals surface area (Å²) in [5, 5.41) is 2.77. The quantitative estimate of drug-likeness (QED) is 0.805. The van der Waals surface area contributed by atoms with E-state index in [-0.39, 0.29) is 5.91 Å². The predicted molar refractivity (Wildman–Crippen MR) is 81.6 cm³/mol. The zero-order valence-electron chi connectivity index (χ0n) is 9.69. The second kappa shape index (κ2) is 6.12. The topological polar surface area (TPSA) is 46.2 Å². The Morgan fingerprint density at radius 2 is 1.74 bits per heavy atom. The maximum Gasteiger partial charge on any atom is 0.256 e. The molecule has 0 aliphatic heterocycles. The molecule has 0 aliphatic rings. The number of amides is 1. The number of hydrogen-bond acceptors (Lipinski definition) is 2. The Morgan fingerprint density at radius 1 is 1.05 bits per heavy atom. The van der Waals surface area contributed by atoms with Crippen molar-refractivity contribution in [2.75, 3.05) is 5.32 Å². The van der Waals surface area contributed by atoms with Crippen LogP contribution in [0.15, 0.2) is 51.4 Å². The highest BCUT2D eigenvalue weighted by Crippen LogP contribution is 2.23. The van der Waals surface area contributed by atoms with Gasteiger partial charge in [0, 0.05) is 20.2 Å². The van der Waals surface area contributed by atoms with Crippen LogP contribution in [0.3, 0.4) is 0 Å². The van der Waals surface area contributed by atoms with Crippen LogP contribution in [0.25, 0.3) is 0 Å². The number of rotatable bonds is 3. The molecule has 0 aliphatic carbocycles. The summed E-state index contributed by atoms with van der Waals surface area (Å²) in [6.07, 6.45) is 0.761. The Hall–Kier alpha value is -1.46. The first-order chi connectivity index (χ1) is 9.10. The van der Waals surface area contributed by atoms with Gasteiger partial charge in [0.25, 0.3) is 5.91 Å². The van der Waals surface area contributed by atoms with Gasteiger partial charge >= 0.3 is 0 Å². The zero-order chi connectivity index (χ0) is 13.8. The normalized spacial score (nSPS) is 10.0. The van der Waals surface area contributed by atoms with E-state index in [1.54, 1.807) is 36.4 Å². The van der Waals surface area contributed by atoms with Gasteiger partial charge in [-0.15, -0.1) is 0 Å². The van der Waals surface area contributed by atoms with Crippen molar-refractivity contribution in [2.24, 2.45) is 0 Å². The summed E-state index contributed by atoms with van der Waals surface area (Å²) < 4.78 is 1.61. The molecule has 1 N–H and O–H groups in total. The molecule has 2 aromatic rings. The van der Waals surface area contributed by atoms with E-state index in [0.29, 0.717) is 21.3 Å². The molecule has 0 saturated carbocycles. The fraction of sp³-hybridized carbons (Fsp3) is 0. The van der Waals surface area contributed by atoms with E-state index in [4.69, 9.17) is 0 Å². The first-order valence-corrected chi connectivity index (χ1v) is 7.00. The fourth-order valence-electron chi connectivity index (χ4n) is 1.52. The van der Waals surface area contributed by atoms with Crippen molar-refractivity contribution in [1.29, 1.82) is 0 Å². The molecule has 0 spiro atoms. The molecule has 5 heteroatoms. The molecule has 19 heavy (non-hydrogen) atoms. The van der Waals surface area contributed by atoms with Crippen LogP contribution in [-0.4, -0.2) is 12.2 Å². The second-order valence-corrected chi connectivity index (χ2v) is 5.59.